The Hall–Kier alpha value is -2.33. The zero-order valence-electron chi connectivity index (χ0n) is 13.2. The van der Waals surface area contributed by atoms with Gasteiger partial charge in [-0.05, 0) is 36.6 Å². The molecule has 120 valence electrons. The highest BCUT2D eigenvalue weighted by Gasteiger charge is 2.28. The fraction of sp³-hybridized carbons (Fsp3) is 0.316. The molecule has 1 heterocycles. The van der Waals surface area contributed by atoms with E-state index in [9.17, 15) is 9.90 Å². The lowest BCUT2D eigenvalue weighted by Gasteiger charge is -2.21. The number of nitrogens with zero attached hydrogens (tertiary/aromatic N) is 1. The van der Waals surface area contributed by atoms with Crippen LogP contribution in [0.1, 0.15) is 13.3 Å². The van der Waals surface area contributed by atoms with E-state index in [1.807, 2.05) is 42.5 Å². The first-order chi connectivity index (χ1) is 11.1. The van der Waals surface area contributed by atoms with Gasteiger partial charge in [-0.25, -0.2) is 0 Å². The number of carbonyl (C=O) groups excluding carboxylic acids is 1. The smallest absolute Gasteiger partial charge is 0.263 e. The van der Waals surface area contributed by atoms with E-state index in [0.29, 0.717) is 25.3 Å². The molecule has 0 spiro atoms. The standard InChI is InChI=1S/C19H21NO3/c1-14(19(22)20-12-11-17(21)13-20)23-18-9-7-16(8-10-18)15-5-3-2-4-6-15/h2-10,14,17,21H,11-13H2,1H3/t14?,17-/m1/s1. The monoisotopic (exact) mass is 311 g/mol. The molecular formula is C19H21NO3. The first kappa shape index (κ1) is 15.6. The van der Waals surface area contributed by atoms with Gasteiger partial charge in [0.05, 0.1) is 6.10 Å². The molecule has 1 aliphatic rings. The van der Waals surface area contributed by atoms with Crippen molar-refractivity contribution in [3.63, 3.8) is 0 Å². The highest BCUT2D eigenvalue weighted by molar-refractivity contribution is 5.81. The molecule has 0 aromatic heterocycles. The zero-order valence-corrected chi connectivity index (χ0v) is 13.2. The topological polar surface area (TPSA) is 49.8 Å². The molecular weight excluding hydrogens is 290 g/mol. The van der Waals surface area contributed by atoms with Crippen molar-refractivity contribution in [1.29, 1.82) is 0 Å². The van der Waals surface area contributed by atoms with E-state index in [1.54, 1.807) is 11.8 Å². The Labute approximate surface area is 136 Å². The van der Waals surface area contributed by atoms with Gasteiger partial charge in [0.15, 0.2) is 6.10 Å². The minimum atomic E-state index is -0.553. The first-order valence-corrected chi connectivity index (χ1v) is 7.92. The third-order valence-electron chi connectivity index (χ3n) is 4.10. The van der Waals surface area contributed by atoms with Crippen LogP contribution in [0, 0.1) is 0 Å². The average molecular weight is 311 g/mol. The maximum absolute atomic E-state index is 12.3. The number of rotatable bonds is 4. The summed E-state index contributed by atoms with van der Waals surface area (Å²) in [5.74, 6) is 0.596. The Morgan fingerprint density at radius 1 is 1.13 bits per heavy atom. The maximum Gasteiger partial charge on any atom is 0.263 e. The summed E-state index contributed by atoms with van der Waals surface area (Å²) in [4.78, 5) is 13.9. The molecule has 1 N–H and O–H groups in total. The van der Waals surface area contributed by atoms with E-state index in [0.717, 1.165) is 11.1 Å². The molecule has 0 saturated carbocycles. The fourth-order valence-electron chi connectivity index (χ4n) is 2.81. The molecule has 2 atom stereocenters. The second-order valence-electron chi connectivity index (χ2n) is 5.88. The summed E-state index contributed by atoms with van der Waals surface area (Å²) in [6, 6.07) is 17.8. The molecule has 4 nitrogen and oxygen atoms in total. The van der Waals surface area contributed by atoms with Gasteiger partial charge in [0.1, 0.15) is 5.75 Å². The van der Waals surface area contributed by atoms with E-state index < -0.39 is 12.2 Å². The van der Waals surface area contributed by atoms with Gasteiger partial charge in [0.2, 0.25) is 0 Å². The number of β-amino-alcohol motifs (C(OH)–C–C–N with tert-alkyl or cyclic N) is 1. The second-order valence-corrected chi connectivity index (χ2v) is 5.88. The Balaban J connectivity index is 1.63. The van der Waals surface area contributed by atoms with Crippen molar-refractivity contribution in [3.05, 3.63) is 54.6 Å². The molecule has 0 bridgehead atoms. The van der Waals surface area contributed by atoms with E-state index in [2.05, 4.69) is 12.1 Å². The number of aliphatic hydroxyl groups excluding tert-OH is 1. The summed E-state index contributed by atoms with van der Waals surface area (Å²) in [6.45, 7) is 2.75. The van der Waals surface area contributed by atoms with Gasteiger partial charge in [-0.2, -0.15) is 0 Å². The predicted octanol–water partition coefficient (Wildman–Crippen LogP) is 2.71. The van der Waals surface area contributed by atoms with Gasteiger partial charge >= 0.3 is 0 Å². The third kappa shape index (κ3) is 3.71. The molecule has 23 heavy (non-hydrogen) atoms. The molecule has 2 aromatic rings. The average Bonchev–Trinajstić information content (AvgIpc) is 3.02. The number of benzene rings is 2. The van der Waals surface area contributed by atoms with Crippen molar-refractivity contribution >= 4 is 5.91 Å². The van der Waals surface area contributed by atoms with Crippen molar-refractivity contribution in [3.8, 4) is 16.9 Å². The summed E-state index contributed by atoms with van der Waals surface area (Å²) in [5.41, 5.74) is 2.26. The van der Waals surface area contributed by atoms with Crippen LogP contribution in [0.15, 0.2) is 54.6 Å². The summed E-state index contributed by atoms with van der Waals surface area (Å²) in [5, 5.41) is 9.52. The van der Waals surface area contributed by atoms with Crippen molar-refractivity contribution in [1.82, 2.24) is 4.90 Å². The molecule has 4 heteroatoms. The maximum atomic E-state index is 12.3. The molecule has 3 rings (SSSR count). The highest BCUT2D eigenvalue weighted by Crippen LogP contribution is 2.23. The SMILES string of the molecule is CC(Oc1ccc(-c2ccccc2)cc1)C(=O)N1CC[C@@H](O)C1. The van der Waals surface area contributed by atoms with Crippen molar-refractivity contribution < 1.29 is 14.6 Å². The van der Waals surface area contributed by atoms with Crippen LogP contribution < -0.4 is 4.74 Å². The number of hydrogen-bond acceptors (Lipinski definition) is 3. The van der Waals surface area contributed by atoms with Gasteiger partial charge in [-0.3, -0.25) is 4.79 Å². The van der Waals surface area contributed by atoms with Crippen molar-refractivity contribution in [2.24, 2.45) is 0 Å². The molecule has 1 fully saturated rings. The summed E-state index contributed by atoms with van der Waals surface area (Å²) in [6.07, 6.45) is -0.316. The van der Waals surface area contributed by atoms with Crippen LogP contribution in [0.3, 0.4) is 0 Å². The minimum absolute atomic E-state index is 0.0753. The van der Waals surface area contributed by atoms with Crippen LogP contribution in [0.5, 0.6) is 5.75 Å². The third-order valence-corrected chi connectivity index (χ3v) is 4.10. The van der Waals surface area contributed by atoms with Gasteiger partial charge in [0.25, 0.3) is 5.91 Å². The highest BCUT2D eigenvalue weighted by atomic mass is 16.5. The first-order valence-electron chi connectivity index (χ1n) is 7.92. The number of carbonyl (C=O) groups is 1. The van der Waals surface area contributed by atoms with Crippen LogP contribution in [0.25, 0.3) is 11.1 Å². The van der Waals surface area contributed by atoms with Crippen molar-refractivity contribution in [2.45, 2.75) is 25.6 Å². The van der Waals surface area contributed by atoms with Gasteiger partial charge in [-0.1, -0.05) is 42.5 Å². The van der Waals surface area contributed by atoms with E-state index in [-0.39, 0.29) is 5.91 Å². The van der Waals surface area contributed by atoms with Crippen molar-refractivity contribution in [2.75, 3.05) is 13.1 Å². The number of aliphatic hydroxyl groups is 1. The van der Waals surface area contributed by atoms with Crippen LogP contribution in [-0.2, 0) is 4.79 Å². The summed E-state index contributed by atoms with van der Waals surface area (Å²) < 4.78 is 5.74. The van der Waals surface area contributed by atoms with Gasteiger partial charge in [-0.15, -0.1) is 0 Å². The lowest BCUT2D eigenvalue weighted by molar-refractivity contribution is -0.137. The molecule has 1 amide bonds. The Morgan fingerprint density at radius 3 is 2.39 bits per heavy atom. The number of amides is 1. The lowest BCUT2D eigenvalue weighted by Crippen LogP contribution is -2.39. The second kappa shape index (κ2) is 6.84. The minimum Gasteiger partial charge on any atom is -0.481 e. The molecule has 2 aromatic carbocycles. The van der Waals surface area contributed by atoms with E-state index in [1.165, 1.54) is 0 Å². The van der Waals surface area contributed by atoms with Gasteiger partial charge in [0, 0.05) is 13.1 Å². The Morgan fingerprint density at radius 2 is 1.78 bits per heavy atom. The predicted molar refractivity (Wildman–Crippen MR) is 89.2 cm³/mol. The van der Waals surface area contributed by atoms with E-state index >= 15 is 0 Å². The fourth-order valence-corrected chi connectivity index (χ4v) is 2.81. The summed E-state index contributed by atoms with van der Waals surface area (Å²) >= 11 is 0. The van der Waals surface area contributed by atoms with Gasteiger partial charge < -0.3 is 14.7 Å². The number of ether oxygens (including phenoxy) is 1. The summed E-state index contributed by atoms with van der Waals surface area (Å²) in [7, 11) is 0. The normalized spacial score (nSPS) is 18.7. The molecule has 1 aliphatic heterocycles. The van der Waals surface area contributed by atoms with Crippen LogP contribution in [0.4, 0.5) is 0 Å². The number of hydrogen-bond donors (Lipinski definition) is 1. The lowest BCUT2D eigenvalue weighted by atomic mass is 10.1. The molecule has 0 aliphatic carbocycles. The van der Waals surface area contributed by atoms with Crippen LogP contribution >= 0.6 is 0 Å². The Kier molecular flexibility index (Phi) is 4.63. The zero-order chi connectivity index (χ0) is 16.2. The quantitative estimate of drug-likeness (QED) is 0.944. The van der Waals surface area contributed by atoms with Crippen LogP contribution in [-0.4, -0.2) is 41.2 Å². The molecule has 0 radical (unpaired) electrons. The Bertz CT molecular complexity index is 654. The molecule has 1 saturated heterocycles. The van der Waals surface area contributed by atoms with E-state index in [4.69, 9.17) is 4.74 Å². The largest absolute Gasteiger partial charge is 0.481 e. The molecule has 1 unspecified atom stereocenters. The van der Waals surface area contributed by atoms with Crippen LogP contribution in [0.2, 0.25) is 0 Å². The number of likely N-dealkylation sites (tertiary alicyclic amines) is 1.